The molecule has 0 bridgehead atoms. The highest BCUT2D eigenvalue weighted by molar-refractivity contribution is 5.71. The van der Waals surface area contributed by atoms with E-state index in [2.05, 4.69) is 111 Å². The number of esters is 2. The number of allylic oxidation sites excluding steroid dienone is 16. The van der Waals surface area contributed by atoms with E-state index in [9.17, 15) is 19.5 Å². The van der Waals surface area contributed by atoms with E-state index in [1.54, 1.807) is 0 Å². The monoisotopic (exact) mass is 1080 g/mol. The van der Waals surface area contributed by atoms with Gasteiger partial charge in [-0.1, -0.05) is 265 Å². The summed E-state index contributed by atoms with van der Waals surface area (Å²) in [6, 6.07) is 0. The Labute approximate surface area is 473 Å². The van der Waals surface area contributed by atoms with Gasteiger partial charge in [0, 0.05) is 12.8 Å². The average molecular weight is 1080 g/mol. The molecule has 442 valence electrons. The van der Waals surface area contributed by atoms with E-state index >= 15 is 0 Å². The fourth-order valence-corrected chi connectivity index (χ4v) is 8.56. The van der Waals surface area contributed by atoms with Crippen molar-refractivity contribution in [1.82, 2.24) is 0 Å². The van der Waals surface area contributed by atoms with Crippen LogP contribution in [0, 0.1) is 0 Å². The predicted octanol–water partition coefficient (Wildman–Crippen LogP) is 18.9. The number of carbonyl (C=O) groups is 3. The molecule has 9 heteroatoms. The second-order valence-corrected chi connectivity index (χ2v) is 22.0. The molecule has 0 aliphatic carbocycles. The molecule has 0 aromatic carbocycles. The number of hydrogen-bond donors (Lipinski definition) is 1. The summed E-state index contributed by atoms with van der Waals surface area (Å²) in [5, 5.41) is 9.72. The molecule has 9 nitrogen and oxygen atoms in total. The van der Waals surface area contributed by atoms with Gasteiger partial charge in [-0.05, 0) is 77.0 Å². The first-order valence-corrected chi connectivity index (χ1v) is 31.4. The lowest BCUT2D eigenvalue weighted by molar-refractivity contribution is -0.870. The maximum absolute atomic E-state index is 12.9. The predicted molar refractivity (Wildman–Crippen MR) is 327 cm³/mol. The Kier molecular flexibility index (Phi) is 55.5. The zero-order chi connectivity index (χ0) is 56.2. The second kappa shape index (κ2) is 58.4. The molecule has 1 N–H and O–H groups in total. The Morgan fingerprint density at radius 3 is 1.10 bits per heavy atom. The SMILES string of the molecule is CC/C=C\C/C=C\C/C=C\C/C=C\C/C=C\C/C=C\C/C=C\C/C=C\CCCCC(=O)OC(COC(=O)CCCCCCCCCCCCCCCCCCCCCCCCCCC)COC(OCC[N+](C)(C)C)C(=O)O. The van der Waals surface area contributed by atoms with E-state index < -0.39 is 24.3 Å². The van der Waals surface area contributed by atoms with Crippen molar-refractivity contribution in [3.63, 3.8) is 0 Å². The van der Waals surface area contributed by atoms with E-state index in [-0.39, 0.29) is 32.2 Å². The van der Waals surface area contributed by atoms with Crippen molar-refractivity contribution in [1.29, 1.82) is 0 Å². The summed E-state index contributed by atoms with van der Waals surface area (Å²) >= 11 is 0. The lowest BCUT2D eigenvalue weighted by Crippen LogP contribution is -2.40. The van der Waals surface area contributed by atoms with Crippen LogP contribution in [0.15, 0.2) is 97.2 Å². The molecule has 2 unspecified atom stereocenters. The van der Waals surface area contributed by atoms with Crippen molar-refractivity contribution in [3.8, 4) is 0 Å². The number of hydrogen-bond acceptors (Lipinski definition) is 7. The zero-order valence-corrected chi connectivity index (χ0v) is 50.3. The number of carboxylic acid groups (broad SMARTS) is 1. The highest BCUT2D eigenvalue weighted by atomic mass is 16.7. The third kappa shape index (κ3) is 59.7. The zero-order valence-electron chi connectivity index (χ0n) is 50.3. The summed E-state index contributed by atoms with van der Waals surface area (Å²) in [6.45, 7) is 4.73. The minimum Gasteiger partial charge on any atom is -0.477 e. The van der Waals surface area contributed by atoms with Crippen LogP contribution in [0.3, 0.4) is 0 Å². The van der Waals surface area contributed by atoms with Crippen molar-refractivity contribution in [2.45, 2.75) is 270 Å². The fraction of sp³-hybridized carbons (Fsp3) is 0.721. The first kappa shape index (κ1) is 73.2. The number of unbranched alkanes of at least 4 members (excludes halogenated alkanes) is 26. The molecule has 0 radical (unpaired) electrons. The third-order valence-corrected chi connectivity index (χ3v) is 13.4. The highest BCUT2D eigenvalue weighted by Crippen LogP contribution is 2.17. The smallest absolute Gasteiger partial charge is 0.361 e. The molecule has 0 aromatic rings. The summed E-state index contributed by atoms with van der Waals surface area (Å²) in [5.74, 6) is -2.06. The van der Waals surface area contributed by atoms with E-state index in [1.807, 2.05) is 21.1 Å². The first-order chi connectivity index (χ1) is 37.6. The van der Waals surface area contributed by atoms with E-state index in [4.69, 9.17) is 18.9 Å². The summed E-state index contributed by atoms with van der Waals surface area (Å²) in [4.78, 5) is 37.5. The minimum atomic E-state index is -1.53. The Balaban J connectivity index is 4.29. The van der Waals surface area contributed by atoms with Crippen molar-refractivity contribution < 1.29 is 42.9 Å². The number of carbonyl (C=O) groups excluding carboxylic acids is 2. The molecular formula is C68H118NO8+. The maximum Gasteiger partial charge on any atom is 0.361 e. The van der Waals surface area contributed by atoms with Gasteiger partial charge in [-0.25, -0.2) is 4.79 Å². The highest BCUT2D eigenvalue weighted by Gasteiger charge is 2.25. The number of aliphatic carboxylic acids is 1. The van der Waals surface area contributed by atoms with E-state index in [0.717, 1.165) is 83.5 Å². The molecule has 77 heavy (non-hydrogen) atoms. The maximum atomic E-state index is 12.9. The van der Waals surface area contributed by atoms with Crippen molar-refractivity contribution in [3.05, 3.63) is 97.2 Å². The van der Waals surface area contributed by atoms with Crippen LogP contribution in [-0.4, -0.2) is 87.4 Å². The van der Waals surface area contributed by atoms with Crippen LogP contribution in [0.25, 0.3) is 0 Å². The number of carboxylic acids is 1. The Hall–Kier alpha value is -3.79. The van der Waals surface area contributed by atoms with Gasteiger partial charge in [-0.15, -0.1) is 0 Å². The number of likely N-dealkylation sites (N-methyl/N-ethyl adjacent to an activating group) is 1. The molecule has 0 saturated heterocycles. The number of nitrogens with zero attached hydrogens (tertiary/aromatic N) is 1. The third-order valence-electron chi connectivity index (χ3n) is 13.4. The van der Waals surface area contributed by atoms with Crippen LogP contribution in [0.5, 0.6) is 0 Å². The van der Waals surface area contributed by atoms with Gasteiger partial charge in [-0.2, -0.15) is 0 Å². The summed E-state index contributed by atoms with van der Waals surface area (Å²) in [7, 11) is 5.95. The quantitative estimate of drug-likeness (QED) is 0.0211. The lowest BCUT2D eigenvalue weighted by atomic mass is 10.0. The molecule has 0 spiro atoms. The molecule has 0 aliphatic heterocycles. The minimum absolute atomic E-state index is 0.175. The van der Waals surface area contributed by atoms with E-state index in [1.165, 1.54) is 141 Å². The van der Waals surface area contributed by atoms with Crippen LogP contribution >= 0.6 is 0 Å². The summed E-state index contributed by atoms with van der Waals surface area (Å²) in [6.07, 6.45) is 76.5. The van der Waals surface area contributed by atoms with Gasteiger partial charge in [0.15, 0.2) is 6.10 Å². The van der Waals surface area contributed by atoms with Crippen LogP contribution < -0.4 is 0 Å². The second-order valence-electron chi connectivity index (χ2n) is 22.0. The lowest BCUT2D eigenvalue weighted by Gasteiger charge is -2.25. The Morgan fingerprint density at radius 2 is 0.740 bits per heavy atom. The molecule has 0 amide bonds. The van der Waals surface area contributed by atoms with Gasteiger partial charge in [0.25, 0.3) is 6.29 Å². The van der Waals surface area contributed by atoms with Crippen LogP contribution in [0.2, 0.25) is 0 Å². The summed E-state index contributed by atoms with van der Waals surface area (Å²) in [5.41, 5.74) is 0. The Morgan fingerprint density at radius 1 is 0.403 bits per heavy atom. The molecular weight excluding hydrogens is 959 g/mol. The number of rotatable bonds is 57. The molecule has 0 fully saturated rings. The normalized spacial score (nSPS) is 13.4. The van der Waals surface area contributed by atoms with Gasteiger partial charge >= 0.3 is 17.9 Å². The van der Waals surface area contributed by atoms with Gasteiger partial charge in [0.2, 0.25) is 0 Å². The topological polar surface area (TPSA) is 108 Å². The largest absolute Gasteiger partial charge is 0.477 e. The van der Waals surface area contributed by atoms with Crippen LogP contribution in [-0.2, 0) is 33.3 Å². The van der Waals surface area contributed by atoms with Gasteiger partial charge < -0.3 is 28.5 Å². The Bertz CT molecular complexity index is 1580. The fourth-order valence-electron chi connectivity index (χ4n) is 8.56. The first-order valence-electron chi connectivity index (χ1n) is 31.4. The van der Waals surface area contributed by atoms with Crippen LogP contribution in [0.1, 0.15) is 258 Å². The molecule has 2 atom stereocenters. The molecule has 0 rings (SSSR count). The van der Waals surface area contributed by atoms with Gasteiger partial charge in [0.05, 0.1) is 34.4 Å². The molecule has 0 aromatic heterocycles. The van der Waals surface area contributed by atoms with Gasteiger partial charge in [0.1, 0.15) is 13.2 Å². The van der Waals surface area contributed by atoms with E-state index in [0.29, 0.717) is 23.9 Å². The van der Waals surface area contributed by atoms with Gasteiger partial charge in [-0.3, -0.25) is 9.59 Å². The van der Waals surface area contributed by atoms with Crippen molar-refractivity contribution >= 4 is 17.9 Å². The van der Waals surface area contributed by atoms with Crippen molar-refractivity contribution in [2.24, 2.45) is 0 Å². The van der Waals surface area contributed by atoms with Crippen molar-refractivity contribution in [2.75, 3.05) is 47.5 Å². The standard InChI is InChI=1S/C68H117NO8/c1-6-8-10-12-14-16-18-20-22-24-26-28-30-32-33-35-37-39-41-43-45-47-49-51-53-55-57-59-66(71)77-64(63-76-68(67(72)73)74-61-60-69(3,4)5)62-75-65(70)58-56-54-52-50-48-46-44-42-40-38-36-34-31-29-27-25-23-21-19-17-15-13-11-9-7-2/h8,10,14,16,20,22,26,28,32-33,37,39,43,45,49,51,64,68H,6-7,9,11-13,15,17-19,21,23-25,27,29-31,34-36,38,40-42,44,46-48,50,52-63H2,1-5H3/p+1/b10-8-,16-14-,22-20-,28-26-,33-32-,39-37-,45-43-,51-49-. The van der Waals surface area contributed by atoms with Crippen LogP contribution in [0.4, 0.5) is 0 Å². The molecule has 0 heterocycles. The molecule has 0 aliphatic rings. The number of quaternary nitrogens is 1. The molecule has 0 saturated carbocycles. The summed E-state index contributed by atoms with van der Waals surface area (Å²) < 4.78 is 22.9. The average Bonchev–Trinajstić information content (AvgIpc) is 3.40. The number of ether oxygens (including phenoxy) is 4.